The van der Waals surface area contributed by atoms with Crippen LogP contribution >= 0.6 is 0 Å². The van der Waals surface area contributed by atoms with Crippen molar-refractivity contribution in [1.82, 2.24) is 15.3 Å². The van der Waals surface area contributed by atoms with E-state index in [-0.39, 0.29) is 12.5 Å². The molecule has 0 aliphatic carbocycles. The molecule has 16 heavy (non-hydrogen) atoms. The van der Waals surface area contributed by atoms with Gasteiger partial charge in [-0.05, 0) is 6.92 Å². The fourth-order valence-corrected chi connectivity index (χ4v) is 1.29. The zero-order chi connectivity index (χ0) is 12.0. The molecule has 6 heteroatoms. The Morgan fingerprint density at radius 1 is 1.62 bits per heavy atom. The van der Waals surface area contributed by atoms with Crippen molar-refractivity contribution in [1.29, 1.82) is 0 Å². The van der Waals surface area contributed by atoms with E-state index in [0.29, 0.717) is 12.1 Å². The second-order valence-electron chi connectivity index (χ2n) is 3.27. The first-order valence-corrected chi connectivity index (χ1v) is 5.05. The zero-order valence-electron chi connectivity index (χ0n) is 9.32. The van der Waals surface area contributed by atoms with Crippen LogP contribution in [0.4, 0.5) is 0 Å². The molecule has 1 aromatic rings. The summed E-state index contributed by atoms with van der Waals surface area (Å²) in [6.07, 6.45) is 3.52. The fraction of sp³-hybridized carbons (Fsp3) is 0.500. The summed E-state index contributed by atoms with van der Waals surface area (Å²) in [5.41, 5.74) is 0.701. The predicted octanol–water partition coefficient (Wildman–Crippen LogP) is 0.0200. The van der Waals surface area contributed by atoms with Gasteiger partial charge in [-0.25, -0.2) is 9.78 Å². The van der Waals surface area contributed by atoms with Gasteiger partial charge in [-0.1, -0.05) is 0 Å². The summed E-state index contributed by atoms with van der Waals surface area (Å²) in [5, 5.41) is 2.54. The van der Waals surface area contributed by atoms with Crippen LogP contribution in [-0.2, 0) is 20.7 Å². The number of aromatic amines is 1. The van der Waals surface area contributed by atoms with Crippen LogP contribution in [0.1, 0.15) is 19.5 Å². The number of nitrogens with zero attached hydrogens (tertiary/aromatic N) is 1. The molecule has 1 atom stereocenters. The first kappa shape index (κ1) is 12.2. The summed E-state index contributed by atoms with van der Waals surface area (Å²) < 4.78 is 4.86. The van der Waals surface area contributed by atoms with E-state index >= 15 is 0 Å². The highest BCUT2D eigenvalue weighted by Gasteiger charge is 2.21. The van der Waals surface area contributed by atoms with Crippen molar-refractivity contribution < 1.29 is 14.3 Å². The van der Waals surface area contributed by atoms with Crippen molar-refractivity contribution >= 4 is 11.9 Å². The summed E-state index contributed by atoms with van der Waals surface area (Å²) >= 11 is 0. The Bertz CT molecular complexity index is 348. The number of hydrogen-bond acceptors (Lipinski definition) is 4. The number of nitrogens with one attached hydrogen (secondary N) is 2. The molecule has 1 rings (SSSR count). The molecule has 0 spiro atoms. The molecule has 1 amide bonds. The topological polar surface area (TPSA) is 84.1 Å². The van der Waals surface area contributed by atoms with Crippen LogP contribution in [-0.4, -0.2) is 34.5 Å². The van der Waals surface area contributed by atoms with Crippen molar-refractivity contribution in [2.75, 3.05) is 6.61 Å². The van der Waals surface area contributed by atoms with E-state index in [1.54, 1.807) is 13.1 Å². The molecule has 1 aromatic heterocycles. The molecule has 0 saturated heterocycles. The molecule has 0 saturated carbocycles. The van der Waals surface area contributed by atoms with Crippen LogP contribution in [0.25, 0.3) is 0 Å². The number of esters is 1. The molecule has 6 nitrogen and oxygen atoms in total. The summed E-state index contributed by atoms with van der Waals surface area (Å²) in [6.45, 7) is 3.36. The minimum absolute atomic E-state index is 0.270. The highest BCUT2D eigenvalue weighted by molar-refractivity contribution is 5.83. The molecule has 88 valence electrons. The molecule has 0 radical (unpaired) electrons. The van der Waals surface area contributed by atoms with Crippen LogP contribution in [0.3, 0.4) is 0 Å². The van der Waals surface area contributed by atoms with E-state index in [1.807, 2.05) is 0 Å². The van der Waals surface area contributed by atoms with Gasteiger partial charge < -0.3 is 15.0 Å². The number of imidazole rings is 1. The molecule has 0 fully saturated rings. The van der Waals surface area contributed by atoms with Crippen LogP contribution in [0.5, 0.6) is 0 Å². The van der Waals surface area contributed by atoms with Crippen LogP contribution in [0, 0.1) is 0 Å². The lowest BCUT2D eigenvalue weighted by Crippen LogP contribution is -2.42. The van der Waals surface area contributed by atoms with Gasteiger partial charge in [0.15, 0.2) is 0 Å². The quantitative estimate of drug-likeness (QED) is 0.692. The summed E-state index contributed by atoms with van der Waals surface area (Å²) in [5.74, 6) is -0.714. The van der Waals surface area contributed by atoms with E-state index in [9.17, 15) is 9.59 Å². The van der Waals surface area contributed by atoms with Gasteiger partial charge in [-0.3, -0.25) is 4.79 Å². The molecule has 2 N–H and O–H groups in total. The fourth-order valence-electron chi connectivity index (χ4n) is 1.29. The van der Waals surface area contributed by atoms with E-state index in [2.05, 4.69) is 15.3 Å². The maximum Gasteiger partial charge on any atom is 0.329 e. The third kappa shape index (κ3) is 3.72. The molecule has 0 bridgehead atoms. The second kappa shape index (κ2) is 5.89. The Morgan fingerprint density at radius 2 is 2.38 bits per heavy atom. The van der Waals surface area contributed by atoms with Gasteiger partial charge in [0.2, 0.25) is 5.91 Å². The summed E-state index contributed by atoms with van der Waals surface area (Å²) in [6, 6.07) is -0.680. The van der Waals surface area contributed by atoms with Crippen LogP contribution in [0.15, 0.2) is 12.5 Å². The lowest BCUT2D eigenvalue weighted by Gasteiger charge is -2.14. The highest BCUT2D eigenvalue weighted by Crippen LogP contribution is 2.00. The SMILES string of the molecule is CCOC(=O)C(Cc1c[nH]cn1)NC(C)=O. The number of amides is 1. The Labute approximate surface area is 93.4 Å². The van der Waals surface area contributed by atoms with Crippen molar-refractivity contribution in [2.45, 2.75) is 26.3 Å². The number of hydrogen-bond donors (Lipinski definition) is 2. The van der Waals surface area contributed by atoms with Crippen LogP contribution in [0.2, 0.25) is 0 Å². The third-order valence-corrected chi connectivity index (χ3v) is 1.92. The molecule has 0 aromatic carbocycles. The number of rotatable bonds is 5. The zero-order valence-corrected chi connectivity index (χ0v) is 9.32. The van der Waals surface area contributed by atoms with Gasteiger partial charge in [-0.2, -0.15) is 0 Å². The monoisotopic (exact) mass is 225 g/mol. The smallest absolute Gasteiger partial charge is 0.329 e. The molecule has 0 aliphatic rings. The minimum Gasteiger partial charge on any atom is -0.464 e. The van der Waals surface area contributed by atoms with Gasteiger partial charge in [0.05, 0.1) is 18.6 Å². The average Bonchev–Trinajstić information content (AvgIpc) is 2.69. The van der Waals surface area contributed by atoms with Crippen LogP contribution < -0.4 is 5.32 Å². The molecule has 1 heterocycles. The summed E-state index contributed by atoms with van der Waals surface area (Å²) in [4.78, 5) is 29.2. The maximum absolute atomic E-state index is 11.5. The number of carbonyl (C=O) groups is 2. The molecule has 1 unspecified atom stereocenters. The largest absolute Gasteiger partial charge is 0.464 e. The van der Waals surface area contributed by atoms with Crippen molar-refractivity contribution in [3.63, 3.8) is 0 Å². The Balaban J connectivity index is 2.63. The van der Waals surface area contributed by atoms with Gasteiger partial charge in [0, 0.05) is 19.5 Å². The van der Waals surface area contributed by atoms with Gasteiger partial charge in [0.25, 0.3) is 0 Å². The average molecular weight is 225 g/mol. The predicted molar refractivity (Wildman–Crippen MR) is 56.5 cm³/mol. The standard InChI is InChI=1S/C10H15N3O3/c1-3-16-10(15)9(13-7(2)14)4-8-5-11-6-12-8/h5-6,9H,3-4H2,1-2H3,(H,11,12)(H,13,14). The molecule has 0 aliphatic heterocycles. The lowest BCUT2D eigenvalue weighted by atomic mass is 10.1. The van der Waals surface area contributed by atoms with E-state index in [0.717, 1.165) is 0 Å². The van der Waals surface area contributed by atoms with Crippen molar-refractivity contribution in [3.05, 3.63) is 18.2 Å². The van der Waals surface area contributed by atoms with E-state index in [4.69, 9.17) is 4.74 Å². The van der Waals surface area contributed by atoms with Crippen molar-refractivity contribution in [2.24, 2.45) is 0 Å². The molecular formula is C10H15N3O3. The number of ether oxygens (including phenoxy) is 1. The normalized spacial score (nSPS) is 11.9. The number of H-pyrrole nitrogens is 1. The first-order valence-electron chi connectivity index (χ1n) is 5.05. The minimum atomic E-state index is -0.680. The first-order chi connectivity index (χ1) is 7.63. The Morgan fingerprint density at radius 3 is 2.88 bits per heavy atom. The number of aromatic nitrogens is 2. The summed E-state index contributed by atoms with van der Waals surface area (Å²) in [7, 11) is 0. The van der Waals surface area contributed by atoms with Crippen molar-refractivity contribution in [3.8, 4) is 0 Å². The molecular weight excluding hydrogens is 210 g/mol. The van der Waals surface area contributed by atoms with E-state index in [1.165, 1.54) is 13.3 Å². The Hall–Kier alpha value is -1.85. The Kier molecular flexibility index (Phi) is 4.50. The van der Waals surface area contributed by atoms with Gasteiger partial charge in [-0.15, -0.1) is 0 Å². The van der Waals surface area contributed by atoms with Gasteiger partial charge in [0.1, 0.15) is 6.04 Å². The lowest BCUT2D eigenvalue weighted by molar-refractivity contribution is -0.147. The third-order valence-electron chi connectivity index (χ3n) is 1.92. The van der Waals surface area contributed by atoms with Gasteiger partial charge >= 0.3 is 5.97 Å². The maximum atomic E-state index is 11.5. The highest BCUT2D eigenvalue weighted by atomic mass is 16.5. The number of carbonyl (C=O) groups excluding carboxylic acids is 2. The second-order valence-corrected chi connectivity index (χ2v) is 3.27. The van der Waals surface area contributed by atoms with E-state index < -0.39 is 12.0 Å².